The SMILES string of the molecule is CCNC(=NCc1csc(N(C)C)n1)NCC1(O)CCCCC1. The molecule has 0 unspecified atom stereocenters. The fourth-order valence-corrected chi connectivity index (χ4v) is 3.46. The van der Waals surface area contributed by atoms with Gasteiger partial charge in [0.15, 0.2) is 11.1 Å². The van der Waals surface area contributed by atoms with Crippen molar-refractivity contribution in [2.24, 2.45) is 4.99 Å². The lowest BCUT2D eigenvalue weighted by Gasteiger charge is -2.32. The Kier molecular flexibility index (Phi) is 6.65. The molecule has 1 heterocycles. The van der Waals surface area contributed by atoms with Gasteiger partial charge >= 0.3 is 0 Å². The minimum atomic E-state index is -0.590. The minimum Gasteiger partial charge on any atom is -0.388 e. The van der Waals surface area contributed by atoms with Crippen LogP contribution in [0.2, 0.25) is 0 Å². The fourth-order valence-electron chi connectivity index (χ4n) is 2.71. The standard InChI is InChI=1S/C16H29N5OS/c1-4-17-14(19-12-16(22)8-6-5-7-9-16)18-10-13-11-23-15(20-13)21(2)3/h11,22H,4-10,12H2,1-3H3,(H2,17,18,19). The monoisotopic (exact) mass is 339 g/mol. The number of aliphatic hydroxyl groups is 1. The fraction of sp³-hybridized carbons (Fsp3) is 0.750. The van der Waals surface area contributed by atoms with E-state index in [4.69, 9.17) is 0 Å². The van der Waals surface area contributed by atoms with Crippen LogP contribution in [0.25, 0.3) is 0 Å². The van der Waals surface area contributed by atoms with Crippen LogP contribution in [0.3, 0.4) is 0 Å². The van der Waals surface area contributed by atoms with E-state index in [1.165, 1.54) is 6.42 Å². The predicted molar refractivity (Wildman–Crippen MR) is 97.3 cm³/mol. The zero-order chi connectivity index (χ0) is 16.7. The van der Waals surface area contributed by atoms with Gasteiger partial charge in [-0.15, -0.1) is 11.3 Å². The van der Waals surface area contributed by atoms with Gasteiger partial charge in [0.25, 0.3) is 0 Å². The molecule has 1 aromatic rings. The molecule has 1 aliphatic rings. The largest absolute Gasteiger partial charge is 0.388 e. The van der Waals surface area contributed by atoms with E-state index in [2.05, 4.69) is 20.6 Å². The van der Waals surface area contributed by atoms with Crippen LogP contribution in [-0.2, 0) is 6.54 Å². The first-order valence-electron chi connectivity index (χ1n) is 8.39. The van der Waals surface area contributed by atoms with Gasteiger partial charge < -0.3 is 20.6 Å². The second kappa shape index (κ2) is 8.49. The molecule has 1 saturated carbocycles. The Morgan fingerprint density at radius 2 is 2.09 bits per heavy atom. The molecule has 23 heavy (non-hydrogen) atoms. The molecule has 0 bridgehead atoms. The van der Waals surface area contributed by atoms with E-state index in [0.29, 0.717) is 13.1 Å². The number of nitrogens with zero attached hydrogens (tertiary/aromatic N) is 3. The molecule has 0 aromatic carbocycles. The molecule has 3 N–H and O–H groups in total. The number of rotatable bonds is 6. The average Bonchev–Trinajstić information content (AvgIpc) is 3.00. The summed E-state index contributed by atoms with van der Waals surface area (Å²) >= 11 is 1.62. The van der Waals surface area contributed by atoms with Crippen molar-refractivity contribution in [2.45, 2.75) is 51.2 Å². The Balaban J connectivity index is 1.90. The molecule has 6 nitrogen and oxygen atoms in total. The number of hydrogen-bond acceptors (Lipinski definition) is 5. The number of nitrogens with one attached hydrogen (secondary N) is 2. The number of aliphatic imine (C=N–C) groups is 1. The molecule has 7 heteroatoms. The van der Waals surface area contributed by atoms with Crippen LogP contribution in [0, 0.1) is 0 Å². The molecule has 0 amide bonds. The third kappa shape index (κ3) is 5.66. The zero-order valence-corrected chi connectivity index (χ0v) is 15.2. The van der Waals surface area contributed by atoms with Gasteiger partial charge in [-0.2, -0.15) is 0 Å². The number of anilines is 1. The van der Waals surface area contributed by atoms with Crippen LogP contribution in [-0.4, -0.2) is 48.8 Å². The average molecular weight is 340 g/mol. The van der Waals surface area contributed by atoms with Gasteiger partial charge in [0.1, 0.15) is 0 Å². The second-order valence-corrected chi connectivity index (χ2v) is 7.19. The predicted octanol–water partition coefficient (Wildman–Crippen LogP) is 1.96. The molecule has 0 atom stereocenters. The Morgan fingerprint density at radius 3 is 2.70 bits per heavy atom. The van der Waals surface area contributed by atoms with Gasteiger partial charge in [-0.25, -0.2) is 9.98 Å². The van der Waals surface area contributed by atoms with Crippen molar-refractivity contribution in [3.8, 4) is 0 Å². The first kappa shape index (κ1) is 18.0. The summed E-state index contributed by atoms with van der Waals surface area (Å²) in [6.45, 7) is 3.93. The highest BCUT2D eigenvalue weighted by Gasteiger charge is 2.29. The summed E-state index contributed by atoms with van der Waals surface area (Å²) in [6.07, 6.45) is 5.19. The summed E-state index contributed by atoms with van der Waals surface area (Å²) < 4.78 is 0. The third-order valence-electron chi connectivity index (χ3n) is 4.03. The van der Waals surface area contributed by atoms with E-state index in [1.807, 2.05) is 31.3 Å². The van der Waals surface area contributed by atoms with Crippen LogP contribution >= 0.6 is 11.3 Å². The smallest absolute Gasteiger partial charge is 0.191 e. The van der Waals surface area contributed by atoms with E-state index < -0.39 is 5.60 Å². The highest BCUT2D eigenvalue weighted by molar-refractivity contribution is 7.13. The molecule has 0 radical (unpaired) electrons. The van der Waals surface area contributed by atoms with E-state index in [-0.39, 0.29) is 0 Å². The number of guanidine groups is 1. The summed E-state index contributed by atoms with van der Waals surface area (Å²) in [4.78, 5) is 11.1. The van der Waals surface area contributed by atoms with Crippen LogP contribution in [0.4, 0.5) is 5.13 Å². The number of hydrogen-bond donors (Lipinski definition) is 3. The highest BCUT2D eigenvalue weighted by atomic mass is 32.1. The van der Waals surface area contributed by atoms with Gasteiger partial charge in [-0.1, -0.05) is 19.3 Å². The van der Waals surface area contributed by atoms with Crippen molar-refractivity contribution < 1.29 is 5.11 Å². The van der Waals surface area contributed by atoms with E-state index in [1.54, 1.807) is 11.3 Å². The zero-order valence-electron chi connectivity index (χ0n) is 14.4. The summed E-state index contributed by atoms with van der Waals surface area (Å²) in [5, 5.41) is 20.1. The topological polar surface area (TPSA) is 72.8 Å². The van der Waals surface area contributed by atoms with Crippen molar-refractivity contribution in [3.63, 3.8) is 0 Å². The molecular formula is C16H29N5OS. The first-order valence-corrected chi connectivity index (χ1v) is 9.27. The van der Waals surface area contributed by atoms with Crippen molar-refractivity contribution >= 4 is 22.4 Å². The third-order valence-corrected chi connectivity index (χ3v) is 5.09. The molecule has 1 aliphatic carbocycles. The maximum atomic E-state index is 10.6. The summed E-state index contributed by atoms with van der Waals surface area (Å²) in [7, 11) is 3.98. The van der Waals surface area contributed by atoms with E-state index in [0.717, 1.165) is 49.0 Å². The molecule has 0 aliphatic heterocycles. The molecule has 130 valence electrons. The normalized spacial score (nSPS) is 17.8. The van der Waals surface area contributed by atoms with Gasteiger partial charge in [0, 0.05) is 32.6 Å². The lowest BCUT2D eigenvalue weighted by molar-refractivity contribution is 0.00859. The molecule has 1 aromatic heterocycles. The molecule has 0 spiro atoms. The van der Waals surface area contributed by atoms with Crippen molar-refractivity contribution in [1.82, 2.24) is 15.6 Å². The molecule has 0 saturated heterocycles. The van der Waals surface area contributed by atoms with Crippen molar-refractivity contribution in [1.29, 1.82) is 0 Å². The van der Waals surface area contributed by atoms with Gasteiger partial charge in [0.05, 0.1) is 17.8 Å². The lowest BCUT2D eigenvalue weighted by Crippen LogP contribution is -2.48. The Bertz CT molecular complexity index is 508. The highest BCUT2D eigenvalue weighted by Crippen LogP contribution is 2.27. The Labute approximate surface area is 143 Å². The molecule has 1 fully saturated rings. The van der Waals surface area contributed by atoms with Gasteiger partial charge in [0.2, 0.25) is 0 Å². The summed E-state index contributed by atoms with van der Waals surface area (Å²) in [5.41, 5.74) is 0.375. The van der Waals surface area contributed by atoms with Crippen molar-refractivity contribution in [3.05, 3.63) is 11.1 Å². The number of thiazole rings is 1. The summed E-state index contributed by atoms with van der Waals surface area (Å²) in [5.74, 6) is 0.742. The molecule has 2 rings (SSSR count). The maximum Gasteiger partial charge on any atom is 0.191 e. The number of aromatic nitrogens is 1. The molecular weight excluding hydrogens is 310 g/mol. The van der Waals surface area contributed by atoms with Gasteiger partial charge in [-0.3, -0.25) is 0 Å². The van der Waals surface area contributed by atoms with E-state index >= 15 is 0 Å². The lowest BCUT2D eigenvalue weighted by atomic mass is 9.85. The first-order chi connectivity index (χ1) is 11.0. The van der Waals surface area contributed by atoms with Gasteiger partial charge in [-0.05, 0) is 19.8 Å². The summed E-state index contributed by atoms with van der Waals surface area (Å²) in [6, 6.07) is 0. The van der Waals surface area contributed by atoms with Crippen LogP contribution in [0.15, 0.2) is 10.4 Å². The van der Waals surface area contributed by atoms with Crippen LogP contribution < -0.4 is 15.5 Å². The van der Waals surface area contributed by atoms with E-state index in [9.17, 15) is 5.11 Å². The van der Waals surface area contributed by atoms with Crippen LogP contribution in [0.5, 0.6) is 0 Å². The second-order valence-electron chi connectivity index (χ2n) is 6.35. The minimum absolute atomic E-state index is 0.540. The Hall–Kier alpha value is -1.34. The maximum absolute atomic E-state index is 10.6. The Morgan fingerprint density at radius 1 is 1.35 bits per heavy atom. The van der Waals surface area contributed by atoms with Crippen LogP contribution in [0.1, 0.15) is 44.7 Å². The quantitative estimate of drug-likeness (QED) is 0.546. The van der Waals surface area contributed by atoms with Crippen molar-refractivity contribution in [2.75, 3.05) is 32.1 Å².